The maximum absolute atomic E-state index is 12.1. The highest BCUT2D eigenvalue weighted by atomic mass is 32.2. The molecular formula is C15H21F2NOS. The Hall–Kier alpha value is -0.810. The molecule has 112 valence electrons. The predicted octanol–water partition coefficient (Wildman–Crippen LogP) is 4.05. The average Bonchev–Trinajstić information content (AvgIpc) is 2.37. The van der Waals surface area contributed by atoms with Gasteiger partial charge < -0.3 is 10.1 Å². The molecule has 2 atom stereocenters. The van der Waals surface area contributed by atoms with Gasteiger partial charge in [-0.1, -0.05) is 19.1 Å². The van der Waals surface area contributed by atoms with E-state index in [9.17, 15) is 8.78 Å². The SMILES string of the molecule is CC1CCNC(C)(CCc2ccc(OC(F)F)cc2)S1. The lowest BCUT2D eigenvalue weighted by Gasteiger charge is -2.37. The number of thioether (sulfide) groups is 1. The molecule has 2 unspecified atom stereocenters. The van der Waals surface area contributed by atoms with E-state index in [-0.39, 0.29) is 10.6 Å². The van der Waals surface area contributed by atoms with Crippen LogP contribution in [0.2, 0.25) is 0 Å². The Bertz CT molecular complexity index is 426. The van der Waals surface area contributed by atoms with Gasteiger partial charge in [0.2, 0.25) is 0 Å². The maximum atomic E-state index is 12.1. The van der Waals surface area contributed by atoms with Crippen molar-refractivity contribution in [2.45, 2.75) is 49.8 Å². The van der Waals surface area contributed by atoms with Gasteiger partial charge in [-0.3, -0.25) is 0 Å². The molecule has 1 aromatic carbocycles. The summed E-state index contributed by atoms with van der Waals surface area (Å²) in [5.74, 6) is 0.216. The van der Waals surface area contributed by atoms with E-state index in [4.69, 9.17) is 0 Å². The number of rotatable bonds is 5. The van der Waals surface area contributed by atoms with Gasteiger partial charge in [-0.25, -0.2) is 0 Å². The molecule has 1 saturated heterocycles. The van der Waals surface area contributed by atoms with Gasteiger partial charge in [-0.05, 0) is 50.4 Å². The fraction of sp³-hybridized carbons (Fsp3) is 0.600. The zero-order valence-corrected chi connectivity index (χ0v) is 12.7. The lowest BCUT2D eigenvalue weighted by Crippen LogP contribution is -2.45. The van der Waals surface area contributed by atoms with Crippen molar-refractivity contribution in [2.75, 3.05) is 6.54 Å². The van der Waals surface area contributed by atoms with E-state index >= 15 is 0 Å². The minimum absolute atomic E-state index is 0.107. The number of nitrogens with one attached hydrogen (secondary N) is 1. The van der Waals surface area contributed by atoms with Crippen molar-refractivity contribution in [3.05, 3.63) is 29.8 Å². The van der Waals surface area contributed by atoms with Crippen LogP contribution in [0, 0.1) is 0 Å². The average molecular weight is 301 g/mol. The number of ether oxygens (including phenoxy) is 1. The number of benzene rings is 1. The molecule has 20 heavy (non-hydrogen) atoms. The Morgan fingerprint density at radius 2 is 2.10 bits per heavy atom. The molecule has 0 saturated carbocycles. The van der Waals surface area contributed by atoms with Crippen LogP contribution in [0.4, 0.5) is 8.78 Å². The van der Waals surface area contributed by atoms with Crippen molar-refractivity contribution in [1.82, 2.24) is 5.32 Å². The van der Waals surface area contributed by atoms with Gasteiger partial charge in [0.05, 0.1) is 4.87 Å². The van der Waals surface area contributed by atoms with Crippen LogP contribution >= 0.6 is 11.8 Å². The Balaban J connectivity index is 1.87. The largest absolute Gasteiger partial charge is 0.435 e. The van der Waals surface area contributed by atoms with E-state index in [0.29, 0.717) is 5.25 Å². The normalized spacial score (nSPS) is 26.8. The number of hydrogen-bond acceptors (Lipinski definition) is 3. The van der Waals surface area contributed by atoms with Crippen LogP contribution in [0.3, 0.4) is 0 Å². The van der Waals surface area contributed by atoms with Gasteiger partial charge in [0.25, 0.3) is 0 Å². The summed E-state index contributed by atoms with van der Waals surface area (Å²) < 4.78 is 28.5. The summed E-state index contributed by atoms with van der Waals surface area (Å²) in [6.07, 6.45) is 3.16. The van der Waals surface area contributed by atoms with E-state index in [1.807, 2.05) is 23.9 Å². The lowest BCUT2D eigenvalue weighted by molar-refractivity contribution is -0.0498. The first-order valence-electron chi connectivity index (χ1n) is 6.93. The van der Waals surface area contributed by atoms with Gasteiger partial charge in [0, 0.05) is 5.25 Å². The molecule has 1 aromatic rings. The number of hydrogen-bond donors (Lipinski definition) is 1. The van der Waals surface area contributed by atoms with E-state index < -0.39 is 6.61 Å². The van der Waals surface area contributed by atoms with Crippen LogP contribution in [0.5, 0.6) is 5.75 Å². The summed E-state index contributed by atoms with van der Waals surface area (Å²) in [7, 11) is 0. The Morgan fingerprint density at radius 3 is 2.70 bits per heavy atom. The Morgan fingerprint density at radius 1 is 1.40 bits per heavy atom. The molecule has 0 aliphatic carbocycles. The molecule has 2 nitrogen and oxygen atoms in total. The van der Waals surface area contributed by atoms with Crippen molar-refractivity contribution in [2.24, 2.45) is 0 Å². The van der Waals surface area contributed by atoms with Crippen molar-refractivity contribution in [1.29, 1.82) is 0 Å². The maximum Gasteiger partial charge on any atom is 0.387 e. The summed E-state index contributed by atoms with van der Waals surface area (Å²) in [5, 5.41) is 4.26. The first-order valence-corrected chi connectivity index (χ1v) is 7.81. The Labute approximate surface area is 123 Å². The molecule has 1 heterocycles. The van der Waals surface area contributed by atoms with E-state index in [0.717, 1.165) is 24.9 Å². The lowest BCUT2D eigenvalue weighted by atomic mass is 10.1. The van der Waals surface area contributed by atoms with E-state index in [2.05, 4.69) is 23.9 Å². The van der Waals surface area contributed by atoms with Crippen LogP contribution in [0.25, 0.3) is 0 Å². The van der Waals surface area contributed by atoms with Gasteiger partial charge in [0.1, 0.15) is 5.75 Å². The quantitative estimate of drug-likeness (QED) is 0.886. The number of halogens is 2. The summed E-state index contributed by atoms with van der Waals surface area (Å²) in [6.45, 7) is 2.80. The summed E-state index contributed by atoms with van der Waals surface area (Å²) in [4.78, 5) is 0.107. The van der Waals surface area contributed by atoms with Gasteiger partial charge in [0.15, 0.2) is 0 Å². The number of aryl methyl sites for hydroxylation is 1. The third kappa shape index (κ3) is 4.63. The molecule has 0 amide bonds. The molecule has 2 rings (SSSR count). The summed E-state index contributed by atoms with van der Waals surface area (Å²) >= 11 is 1.98. The highest BCUT2D eigenvalue weighted by Crippen LogP contribution is 2.35. The van der Waals surface area contributed by atoms with Crippen LogP contribution < -0.4 is 10.1 Å². The molecular weight excluding hydrogens is 280 g/mol. The molecule has 0 radical (unpaired) electrons. The van der Waals surface area contributed by atoms with Crippen molar-refractivity contribution in [3.63, 3.8) is 0 Å². The molecule has 0 spiro atoms. The van der Waals surface area contributed by atoms with Crippen molar-refractivity contribution >= 4 is 11.8 Å². The molecule has 1 aliphatic rings. The topological polar surface area (TPSA) is 21.3 Å². The molecule has 1 fully saturated rings. The second-order valence-electron chi connectivity index (χ2n) is 5.40. The standard InChI is InChI=1S/C15H21F2NOS/c1-11-8-10-18-15(2,20-11)9-7-12-3-5-13(6-4-12)19-14(16)17/h3-6,11,14,18H,7-10H2,1-2H3. The monoisotopic (exact) mass is 301 g/mol. The molecule has 5 heteroatoms. The van der Waals surface area contributed by atoms with Crippen molar-refractivity contribution in [3.8, 4) is 5.75 Å². The smallest absolute Gasteiger partial charge is 0.387 e. The molecule has 0 aromatic heterocycles. The van der Waals surface area contributed by atoms with E-state index in [1.165, 1.54) is 6.42 Å². The van der Waals surface area contributed by atoms with Crippen LogP contribution in [-0.2, 0) is 6.42 Å². The van der Waals surface area contributed by atoms with Crippen LogP contribution in [0.1, 0.15) is 32.3 Å². The fourth-order valence-corrected chi connectivity index (χ4v) is 3.98. The molecule has 1 N–H and O–H groups in total. The second kappa shape index (κ2) is 6.76. The molecule has 1 aliphatic heterocycles. The third-order valence-electron chi connectivity index (χ3n) is 3.55. The first kappa shape index (κ1) is 15.6. The van der Waals surface area contributed by atoms with Crippen molar-refractivity contribution < 1.29 is 13.5 Å². The predicted molar refractivity (Wildman–Crippen MR) is 79.5 cm³/mol. The molecule has 0 bridgehead atoms. The van der Waals surface area contributed by atoms with Gasteiger partial charge >= 0.3 is 6.61 Å². The zero-order chi connectivity index (χ0) is 14.6. The summed E-state index contributed by atoms with van der Waals surface area (Å²) in [6, 6.07) is 6.93. The van der Waals surface area contributed by atoms with Gasteiger partial charge in [-0.2, -0.15) is 8.78 Å². The second-order valence-corrected chi connectivity index (χ2v) is 7.34. The number of alkyl halides is 2. The minimum atomic E-state index is -2.76. The highest BCUT2D eigenvalue weighted by molar-refractivity contribution is 8.01. The Kier molecular flexibility index (Phi) is 5.27. The fourth-order valence-electron chi connectivity index (χ4n) is 2.45. The summed E-state index contributed by atoms with van der Waals surface area (Å²) in [5.41, 5.74) is 1.15. The first-order chi connectivity index (χ1) is 9.47. The third-order valence-corrected chi connectivity index (χ3v) is 5.06. The van der Waals surface area contributed by atoms with Crippen LogP contribution in [0.15, 0.2) is 24.3 Å². The highest BCUT2D eigenvalue weighted by Gasteiger charge is 2.29. The minimum Gasteiger partial charge on any atom is -0.435 e. The van der Waals surface area contributed by atoms with E-state index in [1.54, 1.807) is 12.1 Å². The van der Waals surface area contributed by atoms with Crippen LogP contribution in [-0.4, -0.2) is 23.3 Å². The van der Waals surface area contributed by atoms with Gasteiger partial charge in [-0.15, -0.1) is 11.8 Å². The zero-order valence-electron chi connectivity index (χ0n) is 11.9.